The number of pyridine rings is 1. The molecule has 2 heterocycles. The summed E-state index contributed by atoms with van der Waals surface area (Å²) in [6.07, 6.45) is 1.41. The molecule has 0 aliphatic carbocycles. The third-order valence-electron chi connectivity index (χ3n) is 3.73. The summed E-state index contributed by atoms with van der Waals surface area (Å²) in [5.41, 5.74) is 1.40. The Morgan fingerprint density at radius 3 is 2.62 bits per heavy atom. The number of nitrogens with zero attached hydrogens (tertiary/aromatic N) is 3. The van der Waals surface area contributed by atoms with Gasteiger partial charge in [-0.1, -0.05) is 30.3 Å². The summed E-state index contributed by atoms with van der Waals surface area (Å²) < 4.78 is 28.9. The second-order valence-electron chi connectivity index (χ2n) is 5.48. The van der Waals surface area contributed by atoms with Gasteiger partial charge in [0.2, 0.25) is 0 Å². The van der Waals surface area contributed by atoms with Crippen LogP contribution < -0.4 is 4.72 Å². The van der Waals surface area contributed by atoms with Crippen LogP contribution >= 0.6 is 0 Å². The van der Waals surface area contributed by atoms with Crippen LogP contribution in [0.2, 0.25) is 0 Å². The lowest BCUT2D eigenvalue weighted by Gasteiger charge is -2.08. The number of sulfonamides is 1. The predicted octanol–water partition coefficient (Wildman–Crippen LogP) is 1.66. The molecule has 0 bridgehead atoms. The number of aryl methyl sites for hydroxylation is 1. The van der Waals surface area contributed by atoms with Crippen molar-refractivity contribution in [3.8, 4) is 11.3 Å². The van der Waals surface area contributed by atoms with Gasteiger partial charge in [0, 0.05) is 24.9 Å². The number of aromatic carboxylic acids is 1. The zero-order valence-electron chi connectivity index (χ0n) is 13.8. The van der Waals surface area contributed by atoms with E-state index in [2.05, 4.69) is 14.8 Å². The number of benzene rings is 1. The van der Waals surface area contributed by atoms with E-state index in [9.17, 15) is 13.2 Å². The second-order valence-corrected chi connectivity index (χ2v) is 7.20. The van der Waals surface area contributed by atoms with Gasteiger partial charge in [0.05, 0.1) is 23.5 Å². The van der Waals surface area contributed by atoms with E-state index in [0.29, 0.717) is 5.69 Å². The maximum absolute atomic E-state index is 12.6. The number of carbonyl (C=O) groups is 1. The van der Waals surface area contributed by atoms with Gasteiger partial charge in [-0.3, -0.25) is 9.67 Å². The van der Waals surface area contributed by atoms with Gasteiger partial charge in [-0.05, 0) is 12.1 Å². The van der Waals surface area contributed by atoms with Crippen molar-refractivity contribution in [1.82, 2.24) is 19.5 Å². The molecule has 0 unspecified atom stereocenters. The fraction of sp³-hybridized carbons (Fsp3) is 0.118. The molecule has 9 heteroatoms. The van der Waals surface area contributed by atoms with Crippen LogP contribution in [0.5, 0.6) is 0 Å². The van der Waals surface area contributed by atoms with Crippen LogP contribution in [-0.2, 0) is 23.6 Å². The number of nitrogens with one attached hydrogen (secondary N) is 1. The van der Waals surface area contributed by atoms with Crippen molar-refractivity contribution in [2.24, 2.45) is 7.05 Å². The topological polar surface area (TPSA) is 114 Å². The molecule has 0 saturated heterocycles. The summed E-state index contributed by atoms with van der Waals surface area (Å²) in [5.74, 6) is -1.17. The Hall–Kier alpha value is -3.04. The molecule has 0 spiro atoms. The molecule has 0 aliphatic rings. The second kappa shape index (κ2) is 7.06. The van der Waals surface area contributed by atoms with E-state index >= 15 is 0 Å². The van der Waals surface area contributed by atoms with Crippen LogP contribution in [0, 0.1) is 0 Å². The highest BCUT2D eigenvalue weighted by molar-refractivity contribution is 7.89. The Labute approximate surface area is 150 Å². The monoisotopic (exact) mass is 372 g/mol. The van der Waals surface area contributed by atoms with E-state index in [1.807, 2.05) is 30.3 Å². The molecular formula is C17H16N4O4S. The summed E-state index contributed by atoms with van der Waals surface area (Å²) in [6.45, 7) is -0.239. The summed E-state index contributed by atoms with van der Waals surface area (Å²) in [5, 5.41) is 13.4. The number of carboxylic acid groups (broad SMARTS) is 1. The van der Waals surface area contributed by atoms with Crippen LogP contribution in [0.4, 0.5) is 0 Å². The van der Waals surface area contributed by atoms with Gasteiger partial charge < -0.3 is 5.11 Å². The molecule has 0 radical (unpaired) electrons. The fourth-order valence-corrected chi connectivity index (χ4v) is 3.59. The Bertz CT molecular complexity index is 1050. The normalized spacial score (nSPS) is 11.4. The first-order valence-corrected chi connectivity index (χ1v) is 9.13. The minimum Gasteiger partial charge on any atom is -0.478 e. The number of aromatic nitrogens is 3. The van der Waals surface area contributed by atoms with Crippen molar-refractivity contribution in [3.05, 3.63) is 66.0 Å². The molecule has 134 valence electrons. The van der Waals surface area contributed by atoms with Gasteiger partial charge in [0.15, 0.2) is 5.03 Å². The highest BCUT2D eigenvalue weighted by atomic mass is 32.2. The molecule has 0 aliphatic heterocycles. The third kappa shape index (κ3) is 3.63. The van der Waals surface area contributed by atoms with Crippen molar-refractivity contribution < 1.29 is 18.3 Å². The van der Waals surface area contributed by atoms with Gasteiger partial charge in [-0.2, -0.15) is 5.10 Å². The van der Waals surface area contributed by atoms with Gasteiger partial charge in [-0.25, -0.2) is 17.9 Å². The molecule has 1 aromatic carbocycles. The molecule has 0 amide bonds. The van der Waals surface area contributed by atoms with Crippen molar-refractivity contribution in [2.75, 3.05) is 0 Å². The molecule has 3 rings (SSSR count). The van der Waals surface area contributed by atoms with Crippen molar-refractivity contribution >= 4 is 16.0 Å². The van der Waals surface area contributed by atoms with E-state index in [0.717, 1.165) is 5.56 Å². The van der Waals surface area contributed by atoms with E-state index < -0.39 is 16.0 Å². The van der Waals surface area contributed by atoms with Crippen LogP contribution in [0.1, 0.15) is 16.1 Å². The fourth-order valence-electron chi connectivity index (χ4n) is 2.46. The van der Waals surface area contributed by atoms with E-state index in [-0.39, 0.29) is 22.8 Å². The zero-order chi connectivity index (χ0) is 18.7. The minimum atomic E-state index is -3.90. The van der Waals surface area contributed by atoms with Crippen LogP contribution in [-0.4, -0.2) is 34.3 Å². The Balaban J connectivity index is 1.86. The SMILES string of the molecule is Cn1nc(-c2ccccc2)cc1S(=O)(=O)NCc1ncccc1C(=O)O. The maximum atomic E-state index is 12.6. The number of hydrogen-bond acceptors (Lipinski definition) is 5. The molecule has 8 nitrogen and oxygen atoms in total. The van der Waals surface area contributed by atoms with E-state index in [4.69, 9.17) is 5.11 Å². The molecular weight excluding hydrogens is 356 g/mol. The maximum Gasteiger partial charge on any atom is 0.337 e. The summed E-state index contributed by atoms with van der Waals surface area (Å²) >= 11 is 0. The zero-order valence-corrected chi connectivity index (χ0v) is 14.6. The van der Waals surface area contributed by atoms with E-state index in [1.165, 1.54) is 36.1 Å². The highest BCUT2D eigenvalue weighted by Gasteiger charge is 2.22. The van der Waals surface area contributed by atoms with Gasteiger partial charge in [-0.15, -0.1) is 0 Å². The van der Waals surface area contributed by atoms with Crippen molar-refractivity contribution in [2.45, 2.75) is 11.6 Å². The van der Waals surface area contributed by atoms with Crippen LogP contribution in [0.15, 0.2) is 59.8 Å². The molecule has 2 aromatic heterocycles. The van der Waals surface area contributed by atoms with Gasteiger partial charge >= 0.3 is 5.97 Å². The average Bonchev–Trinajstić information content (AvgIpc) is 3.04. The molecule has 0 atom stereocenters. The lowest BCUT2D eigenvalue weighted by atomic mass is 10.2. The standard InChI is InChI=1S/C17H16N4O4S/c1-21-16(10-14(20-21)12-6-3-2-4-7-12)26(24,25)19-11-15-13(17(22)23)8-5-9-18-15/h2-10,19H,11H2,1H3,(H,22,23). The molecule has 2 N–H and O–H groups in total. The summed E-state index contributed by atoms with van der Waals surface area (Å²) in [6, 6.07) is 13.5. The predicted molar refractivity (Wildman–Crippen MR) is 93.9 cm³/mol. The molecule has 26 heavy (non-hydrogen) atoms. The Kier molecular flexibility index (Phi) is 4.83. The number of rotatable bonds is 6. The number of hydrogen-bond donors (Lipinski definition) is 2. The van der Waals surface area contributed by atoms with Crippen LogP contribution in [0.3, 0.4) is 0 Å². The molecule has 0 fully saturated rings. The smallest absolute Gasteiger partial charge is 0.337 e. The molecule has 0 saturated carbocycles. The lowest BCUT2D eigenvalue weighted by molar-refractivity contribution is 0.0695. The first kappa shape index (κ1) is 17.8. The quantitative estimate of drug-likeness (QED) is 0.680. The van der Waals surface area contributed by atoms with E-state index in [1.54, 1.807) is 0 Å². The largest absolute Gasteiger partial charge is 0.478 e. The van der Waals surface area contributed by atoms with Crippen LogP contribution in [0.25, 0.3) is 11.3 Å². The summed E-state index contributed by atoms with van der Waals surface area (Å²) in [4.78, 5) is 15.1. The minimum absolute atomic E-state index is 0.0239. The average molecular weight is 372 g/mol. The number of carboxylic acids is 1. The first-order chi connectivity index (χ1) is 12.4. The Morgan fingerprint density at radius 2 is 1.92 bits per heavy atom. The first-order valence-electron chi connectivity index (χ1n) is 7.65. The van der Waals surface area contributed by atoms with Gasteiger partial charge in [0.1, 0.15) is 0 Å². The van der Waals surface area contributed by atoms with Crippen molar-refractivity contribution in [1.29, 1.82) is 0 Å². The summed E-state index contributed by atoms with van der Waals surface area (Å²) in [7, 11) is -2.37. The third-order valence-corrected chi connectivity index (χ3v) is 5.19. The lowest BCUT2D eigenvalue weighted by Crippen LogP contribution is -2.26. The van der Waals surface area contributed by atoms with Gasteiger partial charge in [0.25, 0.3) is 10.0 Å². The van der Waals surface area contributed by atoms with Crippen molar-refractivity contribution in [3.63, 3.8) is 0 Å². The molecule has 3 aromatic rings. The Morgan fingerprint density at radius 1 is 1.19 bits per heavy atom. The highest BCUT2D eigenvalue weighted by Crippen LogP contribution is 2.21.